The van der Waals surface area contributed by atoms with E-state index >= 15 is 0 Å². The summed E-state index contributed by atoms with van der Waals surface area (Å²) in [5.41, 5.74) is 0.0904. The highest BCUT2D eigenvalue weighted by Crippen LogP contribution is 2.44. The minimum absolute atomic E-state index is 0.0120. The average molecular weight is 243 g/mol. The van der Waals surface area contributed by atoms with Crippen molar-refractivity contribution in [2.75, 3.05) is 6.54 Å². The molecule has 0 aliphatic heterocycles. The Bertz CT molecular complexity index is 499. The second kappa shape index (κ2) is 3.71. The summed E-state index contributed by atoms with van der Waals surface area (Å²) in [5.74, 6) is 0.0120. The van der Waals surface area contributed by atoms with Crippen molar-refractivity contribution in [3.63, 3.8) is 0 Å². The van der Waals surface area contributed by atoms with Crippen molar-refractivity contribution < 1.29 is 17.6 Å². The summed E-state index contributed by atoms with van der Waals surface area (Å²) in [6, 6.07) is 2.61. The molecule has 0 bridgehead atoms. The van der Waals surface area contributed by atoms with E-state index < -0.39 is 10.0 Å². The first-order valence-corrected chi connectivity index (χ1v) is 6.48. The lowest BCUT2D eigenvalue weighted by molar-refractivity contribution is 0.109. The van der Waals surface area contributed by atoms with Crippen LogP contribution in [-0.2, 0) is 10.0 Å². The Kier molecular flexibility index (Phi) is 2.63. The zero-order valence-corrected chi connectivity index (χ0v) is 9.71. The fourth-order valence-electron chi connectivity index (χ4n) is 1.27. The van der Waals surface area contributed by atoms with Gasteiger partial charge in [-0.05, 0) is 30.4 Å². The molecular weight excluding hydrogens is 230 g/mol. The van der Waals surface area contributed by atoms with Crippen LogP contribution in [0.5, 0.6) is 0 Å². The quantitative estimate of drug-likeness (QED) is 0.787. The van der Waals surface area contributed by atoms with E-state index in [0.29, 0.717) is 12.8 Å². The lowest BCUT2D eigenvalue weighted by Gasteiger charge is -2.08. The zero-order valence-electron chi connectivity index (χ0n) is 8.89. The summed E-state index contributed by atoms with van der Waals surface area (Å²) in [5, 5.41) is -0.209. The molecule has 0 aromatic carbocycles. The summed E-state index contributed by atoms with van der Waals surface area (Å²) in [7, 11) is -3.62. The fourth-order valence-corrected chi connectivity index (χ4v) is 2.41. The SMILES string of the molecule is CC1(CNS(=O)(=O)c2ccc(C=O)o2)CC1. The van der Waals surface area contributed by atoms with Crippen molar-refractivity contribution in [2.45, 2.75) is 24.9 Å². The monoisotopic (exact) mass is 243 g/mol. The van der Waals surface area contributed by atoms with Crippen LogP contribution in [-0.4, -0.2) is 21.2 Å². The largest absolute Gasteiger partial charge is 0.440 e. The van der Waals surface area contributed by atoms with E-state index in [-0.39, 0.29) is 16.3 Å². The van der Waals surface area contributed by atoms with Crippen molar-refractivity contribution in [1.82, 2.24) is 4.72 Å². The van der Waals surface area contributed by atoms with Crippen molar-refractivity contribution in [1.29, 1.82) is 0 Å². The van der Waals surface area contributed by atoms with Gasteiger partial charge in [0.25, 0.3) is 10.0 Å². The molecule has 1 N–H and O–H groups in total. The van der Waals surface area contributed by atoms with Crippen LogP contribution < -0.4 is 4.72 Å². The van der Waals surface area contributed by atoms with Crippen LogP contribution in [0.2, 0.25) is 0 Å². The Labute approximate surface area is 93.9 Å². The Morgan fingerprint density at radius 3 is 2.69 bits per heavy atom. The Morgan fingerprint density at radius 1 is 1.50 bits per heavy atom. The van der Waals surface area contributed by atoms with Crippen LogP contribution in [0.25, 0.3) is 0 Å². The highest BCUT2D eigenvalue weighted by atomic mass is 32.2. The van der Waals surface area contributed by atoms with Crippen molar-refractivity contribution >= 4 is 16.3 Å². The average Bonchev–Trinajstić information content (AvgIpc) is 2.81. The first-order chi connectivity index (χ1) is 7.45. The molecular formula is C10H13NO4S. The number of sulfonamides is 1. The van der Waals surface area contributed by atoms with E-state index in [9.17, 15) is 13.2 Å². The van der Waals surface area contributed by atoms with E-state index in [0.717, 1.165) is 12.8 Å². The lowest BCUT2D eigenvalue weighted by atomic mass is 10.2. The number of rotatable bonds is 5. The maximum Gasteiger partial charge on any atom is 0.273 e. The Morgan fingerprint density at radius 2 is 2.19 bits per heavy atom. The number of hydrogen-bond donors (Lipinski definition) is 1. The molecule has 1 heterocycles. The van der Waals surface area contributed by atoms with Gasteiger partial charge in [-0.15, -0.1) is 0 Å². The van der Waals surface area contributed by atoms with Gasteiger partial charge in [0.05, 0.1) is 0 Å². The molecule has 88 valence electrons. The van der Waals surface area contributed by atoms with E-state index in [1.807, 2.05) is 6.92 Å². The van der Waals surface area contributed by atoms with Crippen molar-refractivity contribution in [3.05, 3.63) is 17.9 Å². The van der Waals surface area contributed by atoms with Gasteiger partial charge in [0.15, 0.2) is 12.0 Å². The number of nitrogens with one attached hydrogen (secondary N) is 1. The second-order valence-corrected chi connectivity index (χ2v) is 6.11. The second-order valence-electron chi connectivity index (χ2n) is 4.41. The van der Waals surface area contributed by atoms with E-state index in [2.05, 4.69) is 4.72 Å². The van der Waals surface area contributed by atoms with Gasteiger partial charge in [0.1, 0.15) is 0 Å². The van der Waals surface area contributed by atoms with Crippen LogP contribution in [0.4, 0.5) is 0 Å². The van der Waals surface area contributed by atoms with Gasteiger partial charge in [0.2, 0.25) is 5.09 Å². The van der Waals surface area contributed by atoms with Gasteiger partial charge < -0.3 is 4.42 Å². The molecule has 0 spiro atoms. The van der Waals surface area contributed by atoms with E-state index in [4.69, 9.17) is 4.42 Å². The van der Waals surface area contributed by atoms with Crippen molar-refractivity contribution in [2.24, 2.45) is 5.41 Å². The highest BCUT2D eigenvalue weighted by Gasteiger charge is 2.38. The third-order valence-electron chi connectivity index (χ3n) is 2.78. The zero-order chi connectivity index (χ0) is 11.8. The molecule has 1 aromatic heterocycles. The summed E-state index contributed by atoms with van der Waals surface area (Å²) in [4.78, 5) is 10.4. The van der Waals surface area contributed by atoms with Gasteiger partial charge in [-0.25, -0.2) is 13.1 Å². The highest BCUT2D eigenvalue weighted by molar-refractivity contribution is 7.89. The normalized spacial score (nSPS) is 18.3. The first-order valence-electron chi connectivity index (χ1n) is 5.00. The molecule has 1 aliphatic rings. The molecule has 5 nitrogen and oxygen atoms in total. The summed E-state index contributed by atoms with van der Waals surface area (Å²) >= 11 is 0. The predicted octanol–water partition coefficient (Wildman–Crippen LogP) is 1.17. The van der Waals surface area contributed by atoms with Crippen LogP contribution in [0.15, 0.2) is 21.6 Å². The molecule has 6 heteroatoms. The summed E-state index contributed by atoms with van der Waals surface area (Å²) in [6.45, 7) is 2.43. The molecule has 0 amide bonds. The summed E-state index contributed by atoms with van der Waals surface area (Å²) in [6.07, 6.45) is 2.54. The fraction of sp³-hybridized carbons (Fsp3) is 0.500. The molecule has 0 unspecified atom stereocenters. The van der Waals surface area contributed by atoms with Gasteiger partial charge >= 0.3 is 0 Å². The minimum atomic E-state index is -3.62. The molecule has 0 radical (unpaired) electrons. The molecule has 16 heavy (non-hydrogen) atoms. The maximum absolute atomic E-state index is 11.7. The Hall–Kier alpha value is -1.14. The number of furan rings is 1. The predicted molar refractivity (Wildman–Crippen MR) is 56.6 cm³/mol. The molecule has 0 saturated heterocycles. The lowest BCUT2D eigenvalue weighted by Crippen LogP contribution is -2.28. The van der Waals surface area contributed by atoms with Crippen LogP contribution in [0.3, 0.4) is 0 Å². The van der Waals surface area contributed by atoms with Gasteiger partial charge in [-0.3, -0.25) is 4.79 Å². The Balaban J connectivity index is 2.08. The topological polar surface area (TPSA) is 76.4 Å². The van der Waals surface area contributed by atoms with Gasteiger partial charge in [-0.2, -0.15) is 0 Å². The third-order valence-corrected chi connectivity index (χ3v) is 4.05. The van der Waals surface area contributed by atoms with Gasteiger partial charge in [-0.1, -0.05) is 6.92 Å². The number of hydrogen-bond acceptors (Lipinski definition) is 4. The molecule has 1 fully saturated rings. The minimum Gasteiger partial charge on any atom is -0.440 e. The third kappa shape index (κ3) is 2.33. The van der Waals surface area contributed by atoms with E-state index in [1.54, 1.807) is 0 Å². The van der Waals surface area contributed by atoms with Crippen LogP contribution >= 0.6 is 0 Å². The first kappa shape index (κ1) is 11.3. The molecule has 1 saturated carbocycles. The number of aldehydes is 1. The van der Waals surface area contributed by atoms with Crippen LogP contribution in [0, 0.1) is 5.41 Å². The smallest absolute Gasteiger partial charge is 0.273 e. The van der Waals surface area contributed by atoms with E-state index in [1.165, 1.54) is 12.1 Å². The van der Waals surface area contributed by atoms with Crippen molar-refractivity contribution in [3.8, 4) is 0 Å². The maximum atomic E-state index is 11.7. The molecule has 0 atom stereocenters. The standard InChI is InChI=1S/C10H13NO4S/c1-10(4-5-10)7-11-16(13,14)9-3-2-8(6-12)15-9/h2-3,6,11H,4-5,7H2,1H3. The number of carbonyl (C=O) groups excluding carboxylic acids is 1. The molecule has 2 rings (SSSR count). The summed E-state index contributed by atoms with van der Waals surface area (Å²) < 4.78 is 30.8. The molecule has 1 aliphatic carbocycles. The van der Waals surface area contributed by atoms with Gasteiger partial charge in [0, 0.05) is 6.54 Å². The van der Waals surface area contributed by atoms with Crippen LogP contribution in [0.1, 0.15) is 30.3 Å². The number of carbonyl (C=O) groups is 1. The molecule has 1 aromatic rings.